The number of aliphatic hydroxyl groups is 1. The standard InChI is InChI=1S/C16H20N2O2S/c17-12-5-6-14-11(8-12)9-15(21-14)16(20)18-7-3-1-2-4-13(18)10-19/h5-6,8-9,13,19H,1-4,7,10,17H2. The highest BCUT2D eigenvalue weighted by Gasteiger charge is 2.26. The molecule has 3 N–H and O–H groups in total. The van der Waals surface area contributed by atoms with Gasteiger partial charge in [0.05, 0.1) is 17.5 Å². The lowest BCUT2D eigenvalue weighted by molar-refractivity contribution is 0.0605. The first-order valence-electron chi connectivity index (χ1n) is 7.40. The smallest absolute Gasteiger partial charge is 0.264 e. The van der Waals surface area contributed by atoms with E-state index in [0.29, 0.717) is 5.69 Å². The number of amides is 1. The van der Waals surface area contributed by atoms with Crippen molar-refractivity contribution in [3.8, 4) is 0 Å². The average Bonchev–Trinajstić information content (AvgIpc) is 2.75. The number of hydrogen-bond donors (Lipinski definition) is 2. The van der Waals surface area contributed by atoms with E-state index in [1.54, 1.807) is 0 Å². The molecule has 1 aliphatic heterocycles. The minimum Gasteiger partial charge on any atom is -0.399 e. The molecular weight excluding hydrogens is 284 g/mol. The molecule has 1 fully saturated rings. The number of nitrogens with zero attached hydrogens (tertiary/aromatic N) is 1. The highest BCUT2D eigenvalue weighted by atomic mass is 32.1. The van der Waals surface area contributed by atoms with Crippen molar-refractivity contribution < 1.29 is 9.90 Å². The van der Waals surface area contributed by atoms with Gasteiger partial charge in [0.1, 0.15) is 0 Å². The van der Waals surface area contributed by atoms with Crippen LogP contribution in [0.15, 0.2) is 24.3 Å². The molecule has 0 aliphatic carbocycles. The molecule has 0 bridgehead atoms. The summed E-state index contributed by atoms with van der Waals surface area (Å²) >= 11 is 1.50. The predicted octanol–water partition coefficient (Wildman–Crippen LogP) is 2.86. The van der Waals surface area contributed by atoms with Gasteiger partial charge in [-0.05, 0) is 42.5 Å². The summed E-state index contributed by atoms with van der Waals surface area (Å²) in [6.45, 7) is 0.782. The highest BCUT2D eigenvalue weighted by Crippen LogP contribution is 2.29. The molecule has 2 heterocycles. The topological polar surface area (TPSA) is 66.6 Å². The number of carbonyl (C=O) groups excluding carboxylic acids is 1. The third kappa shape index (κ3) is 2.89. The van der Waals surface area contributed by atoms with E-state index in [-0.39, 0.29) is 18.6 Å². The highest BCUT2D eigenvalue weighted by molar-refractivity contribution is 7.20. The van der Waals surface area contributed by atoms with Gasteiger partial charge in [0, 0.05) is 16.9 Å². The molecule has 112 valence electrons. The number of carbonyl (C=O) groups is 1. The lowest BCUT2D eigenvalue weighted by Gasteiger charge is -2.28. The predicted molar refractivity (Wildman–Crippen MR) is 86.6 cm³/mol. The number of nitrogens with two attached hydrogens (primary N) is 1. The Morgan fingerprint density at radius 3 is 3.00 bits per heavy atom. The van der Waals surface area contributed by atoms with E-state index in [1.807, 2.05) is 29.2 Å². The molecule has 3 rings (SSSR count). The molecule has 5 heteroatoms. The van der Waals surface area contributed by atoms with Gasteiger partial charge in [0.2, 0.25) is 0 Å². The fraction of sp³-hybridized carbons (Fsp3) is 0.438. The number of thiophene rings is 1. The summed E-state index contributed by atoms with van der Waals surface area (Å²) in [5, 5.41) is 10.6. The Morgan fingerprint density at radius 2 is 2.19 bits per heavy atom. The Bertz CT molecular complexity index is 653. The minimum atomic E-state index is -0.0460. The summed E-state index contributed by atoms with van der Waals surface area (Å²) in [7, 11) is 0. The third-order valence-electron chi connectivity index (χ3n) is 4.10. The fourth-order valence-corrected chi connectivity index (χ4v) is 3.94. The molecule has 1 amide bonds. The van der Waals surface area contributed by atoms with Crippen molar-refractivity contribution in [3.63, 3.8) is 0 Å². The Labute approximate surface area is 128 Å². The van der Waals surface area contributed by atoms with Crippen LogP contribution in [0.2, 0.25) is 0 Å². The minimum absolute atomic E-state index is 0.0377. The van der Waals surface area contributed by atoms with E-state index in [4.69, 9.17) is 5.73 Å². The van der Waals surface area contributed by atoms with Crippen molar-refractivity contribution in [2.75, 3.05) is 18.9 Å². The second-order valence-corrected chi connectivity index (χ2v) is 6.68. The van der Waals surface area contributed by atoms with Crippen LogP contribution in [-0.2, 0) is 0 Å². The van der Waals surface area contributed by atoms with Crippen LogP contribution < -0.4 is 5.73 Å². The molecular formula is C16H20N2O2S. The first kappa shape index (κ1) is 14.4. The molecule has 0 spiro atoms. The maximum atomic E-state index is 12.8. The van der Waals surface area contributed by atoms with Crippen molar-refractivity contribution in [2.45, 2.75) is 31.7 Å². The molecule has 21 heavy (non-hydrogen) atoms. The number of aliphatic hydroxyl groups excluding tert-OH is 1. The zero-order chi connectivity index (χ0) is 14.8. The van der Waals surface area contributed by atoms with Gasteiger partial charge >= 0.3 is 0 Å². The van der Waals surface area contributed by atoms with Gasteiger partial charge in [-0.25, -0.2) is 0 Å². The summed E-state index contributed by atoms with van der Waals surface area (Å²) in [5.74, 6) is 0.0377. The average molecular weight is 304 g/mol. The Balaban J connectivity index is 1.90. The summed E-state index contributed by atoms with van der Waals surface area (Å²) < 4.78 is 1.07. The molecule has 4 nitrogen and oxygen atoms in total. The summed E-state index contributed by atoms with van der Waals surface area (Å²) in [4.78, 5) is 15.4. The molecule has 1 saturated heterocycles. The molecule has 0 saturated carbocycles. The van der Waals surface area contributed by atoms with Crippen LogP contribution in [0.3, 0.4) is 0 Å². The fourth-order valence-electron chi connectivity index (χ4n) is 2.94. The number of likely N-dealkylation sites (tertiary alicyclic amines) is 1. The van der Waals surface area contributed by atoms with Gasteiger partial charge in [0.25, 0.3) is 5.91 Å². The van der Waals surface area contributed by atoms with Gasteiger partial charge in [0.15, 0.2) is 0 Å². The maximum absolute atomic E-state index is 12.8. The number of anilines is 1. The third-order valence-corrected chi connectivity index (χ3v) is 5.20. The van der Waals surface area contributed by atoms with Gasteiger partial charge in [-0.2, -0.15) is 0 Å². The van der Waals surface area contributed by atoms with Gasteiger partial charge in [-0.15, -0.1) is 11.3 Å². The largest absolute Gasteiger partial charge is 0.399 e. The SMILES string of the molecule is Nc1ccc2sc(C(=O)N3CCCCCC3CO)cc2c1. The van der Waals surface area contributed by atoms with E-state index >= 15 is 0 Å². The number of nitrogen functional groups attached to an aromatic ring is 1. The summed E-state index contributed by atoms with van der Waals surface area (Å²) in [5.41, 5.74) is 6.50. The van der Waals surface area contributed by atoms with Crippen LogP contribution in [0, 0.1) is 0 Å². The molecule has 1 aliphatic rings. The van der Waals surface area contributed by atoms with Crippen molar-refractivity contribution in [2.24, 2.45) is 0 Å². The molecule has 2 aromatic rings. The van der Waals surface area contributed by atoms with Crippen molar-refractivity contribution >= 4 is 33.0 Å². The number of fused-ring (bicyclic) bond motifs is 1. The van der Waals surface area contributed by atoms with Crippen LogP contribution in [0.1, 0.15) is 35.4 Å². The van der Waals surface area contributed by atoms with Crippen LogP contribution in [-0.4, -0.2) is 35.1 Å². The second kappa shape index (κ2) is 6.03. The Hall–Kier alpha value is -1.59. The van der Waals surface area contributed by atoms with Gasteiger partial charge in [-0.1, -0.05) is 12.8 Å². The van der Waals surface area contributed by atoms with E-state index in [9.17, 15) is 9.90 Å². The second-order valence-electron chi connectivity index (χ2n) is 5.59. The number of hydrogen-bond acceptors (Lipinski definition) is 4. The van der Waals surface area contributed by atoms with E-state index < -0.39 is 0 Å². The lowest BCUT2D eigenvalue weighted by atomic mass is 10.1. The van der Waals surface area contributed by atoms with E-state index in [1.165, 1.54) is 11.3 Å². The molecule has 1 unspecified atom stereocenters. The van der Waals surface area contributed by atoms with Crippen LogP contribution in [0.25, 0.3) is 10.1 Å². The molecule has 1 atom stereocenters. The maximum Gasteiger partial charge on any atom is 0.264 e. The molecule has 0 radical (unpaired) electrons. The van der Waals surface area contributed by atoms with Crippen molar-refractivity contribution in [3.05, 3.63) is 29.1 Å². The van der Waals surface area contributed by atoms with Crippen molar-refractivity contribution in [1.29, 1.82) is 0 Å². The number of benzene rings is 1. The molecule has 1 aromatic carbocycles. The zero-order valence-corrected chi connectivity index (χ0v) is 12.7. The van der Waals surface area contributed by atoms with E-state index in [0.717, 1.165) is 47.2 Å². The first-order valence-corrected chi connectivity index (χ1v) is 8.21. The Morgan fingerprint density at radius 1 is 1.33 bits per heavy atom. The van der Waals surface area contributed by atoms with Crippen LogP contribution >= 0.6 is 11.3 Å². The van der Waals surface area contributed by atoms with E-state index in [2.05, 4.69) is 0 Å². The number of rotatable bonds is 2. The zero-order valence-electron chi connectivity index (χ0n) is 11.9. The summed E-state index contributed by atoms with van der Waals surface area (Å²) in [6, 6.07) is 7.58. The van der Waals surface area contributed by atoms with Gasteiger partial charge in [-0.3, -0.25) is 4.79 Å². The summed E-state index contributed by atoms with van der Waals surface area (Å²) in [6.07, 6.45) is 4.11. The monoisotopic (exact) mass is 304 g/mol. The van der Waals surface area contributed by atoms with Crippen molar-refractivity contribution in [1.82, 2.24) is 4.90 Å². The van der Waals surface area contributed by atoms with Crippen LogP contribution in [0.4, 0.5) is 5.69 Å². The normalized spacial score (nSPS) is 19.7. The van der Waals surface area contributed by atoms with Crippen LogP contribution in [0.5, 0.6) is 0 Å². The Kier molecular flexibility index (Phi) is 4.12. The quantitative estimate of drug-likeness (QED) is 0.838. The van der Waals surface area contributed by atoms with Gasteiger partial charge < -0.3 is 15.7 Å². The first-order chi connectivity index (χ1) is 10.2. The molecule has 1 aromatic heterocycles. The lowest BCUT2D eigenvalue weighted by Crippen LogP contribution is -2.41.